The lowest BCUT2D eigenvalue weighted by atomic mass is 9.99. The molecule has 0 saturated carbocycles. The lowest BCUT2D eigenvalue weighted by molar-refractivity contribution is -0.123. The van der Waals surface area contributed by atoms with Gasteiger partial charge in [-0.05, 0) is 26.2 Å². The molecule has 0 aromatic rings. The molecule has 5 heteroatoms. The van der Waals surface area contributed by atoms with E-state index in [2.05, 4.69) is 17.6 Å². The van der Waals surface area contributed by atoms with Crippen LogP contribution in [0.2, 0.25) is 0 Å². The van der Waals surface area contributed by atoms with Crippen molar-refractivity contribution in [1.82, 2.24) is 10.6 Å². The molecule has 1 fully saturated rings. The molecule has 0 bridgehead atoms. The van der Waals surface area contributed by atoms with Crippen molar-refractivity contribution in [3.63, 3.8) is 0 Å². The molecule has 0 radical (unpaired) electrons. The highest BCUT2D eigenvalue weighted by atomic mass is 32.2. The van der Waals surface area contributed by atoms with Crippen molar-refractivity contribution in [2.45, 2.75) is 38.3 Å². The van der Waals surface area contributed by atoms with Crippen molar-refractivity contribution in [3.05, 3.63) is 0 Å². The zero-order chi connectivity index (χ0) is 11.3. The molecule has 1 amide bonds. The Labute approximate surface area is 93.7 Å². The van der Waals surface area contributed by atoms with Crippen LogP contribution in [0.5, 0.6) is 0 Å². The SMILES string of the molecule is CC1CCCC(C(=O)NCCS(C)=O)N1. The summed E-state index contributed by atoms with van der Waals surface area (Å²) in [4.78, 5) is 11.7. The summed E-state index contributed by atoms with van der Waals surface area (Å²) >= 11 is 0. The van der Waals surface area contributed by atoms with Gasteiger partial charge in [0.05, 0.1) is 6.04 Å². The van der Waals surface area contributed by atoms with Crippen LogP contribution >= 0.6 is 0 Å². The molecular formula is C10H20N2O2S. The first-order chi connectivity index (χ1) is 7.09. The fourth-order valence-electron chi connectivity index (χ4n) is 1.79. The van der Waals surface area contributed by atoms with E-state index in [4.69, 9.17) is 0 Å². The van der Waals surface area contributed by atoms with Crippen LogP contribution in [0, 0.1) is 0 Å². The highest BCUT2D eigenvalue weighted by Crippen LogP contribution is 2.11. The highest BCUT2D eigenvalue weighted by Gasteiger charge is 2.23. The molecule has 0 aliphatic carbocycles. The van der Waals surface area contributed by atoms with Crippen molar-refractivity contribution in [3.8, 4) is 0 Å². The summed E-state index contributed by atoms with van der Waals surface area (Å²) in [7, 11) is -0.829. The topological polar surface area (TPSA) is 58.2 Å². The van der Waals surface area contributed by atoms with Gasteiger partial charge in [-0.3, -0.25) is 9.00 Å². The lowest BCUT2D eigenvalue weighted by Gasteiger charge is -2.27. The molecule has 1 aliphatic rings. The van der Waals surface area contributed by atoms with E-state index in [1.165, 1.54) is 0 Å². The molecule has 1 rings (SSSR count). The van der Waals surface area contributed by atoms with Crippen molar-refractivity contribution >= 4 is 16.7 Å². The van der Waals surface area contributed by atoms with Gasteiger partial charge in [0.15, 0.2) is 0 Å². The second-order valence-corrected chi connectivity index (χ2v) is 5.67. The molecule has 0 spiro atoms. The van der Waals surface area contributed by atoms with Crippen LogP contribution < -0.4 is 10.6 Å². The van der Waals surface area contributed by atoms with E-state index in [1.54, 1.807) is 6.26 Å². The third kappa shape index (κ3) is 4.75. The second kappa shape index (κ2) is 6.23. The molecule has 3 unspecified atom stereocenters. The summed E-state index contributed by atoms with van der Waals surface area (Å²) in [5.41, 5.74) is 0. The van der Waals surface area contributed by atoms with Gasteiger partial charge in [0, 0.05) is 35.4 Å². The molecule has 4 nitrogen and oxygen atoms in total. The van der Waals surface area contributed by atoms with E-state index in [0.717, 1.165) is 19.3 Å². The average Bonchev–Trinajstić information content (AvgIpc) is 2.17. The Morgan fingerprint density at radius 3 is 2.87 bits per heavy atom. The minimum absolute atomic E-state index is 0.0481. The number of hydrogen-bond acceptors (Lipinski definition) is 3. The summed E-state index contributed by atoms with van der Waals surface area (Å²) in [6, 6.07) is 0.369. The Hall–Kier alpha value is -0.420. The molecule has 1 saturated heterocycles. The minimum atomic E-state index is -0.829. The van der Waals surface area contributed by atoms with Gasteiger partial charge in [-0.1, -0.05) is 0 Å². The maximum absolute atomic E-state index is 11.7. The van der Waals surface area contributed by atoms with Gasteiger partial charge in [-0.2, -0.15) is 0 Å². The number of carbonyl (C=O) groups is 1. The molecule has 2 N–H and O–H groups in total. The summed E-state index contributed by atoms with van der Waals surface area (Å²) in [5, 5.41) is 6.08. The summed E-state index contributed by atoms with van der Waals surface area (Å²) in [5.74, 6) is 0.584. The van der Waals surface area contributed by atoms with Crippen LogP contribution in [0.15, 0.2) is 0 Å². The van der Waals surface area contributed by atoms with Gasteiger partial charge in [0.1, 0.15) is 0 Å². The Balaban J connectivity index is 2.24. The van der Waals surface area contributed by atoms with E-state index >= 15 is 0 Å². The van der Waals surface area contributed by atoms with Crippen LogP contribution in [0.1, 0.15) is 26.2 Å². The van der Waals surface area contributed by atoms with E-state index in [9.17, 15) is 9.00 Å². The molecule has 1 aliphatic heterocycles. The molecule has 3 atom stereocenters. The third-order valence-corrected chi connectivity index (χ3v) is 3.40. The third-order valence-electron chi connectivity index (χ3n) is 2.62. The van der Waals surface area contributed by atoms with E-state index in [1.807, 2.05) is 0 Å². The predicted octanol–water partition coefficient (Wildman–Crippen LogP) is 0.0117. The quantitative estimate of drug-likeness (QED) is 0.718. The second-order valence-electron chi connectivity index (χ2n) is 4.12. The van der Waals surface area contributed by atoms with Crippen molar-refractivity contribution in [2.75, 3.05) is 18.6 Å². The number of amides is 1. The smallest absolute Gasteiger partial charge is 0.237 e. The van der Waals surface area contributed by atoms with Gasteiger partial charge in [0.25, 0.3) is 0 Å². The molecular weight excluding hydrogens is 212 g/mol. The summed E-state index contributed by atoms with van der Waals surface area (Å²) in [6.07, 6.45) is 4.80. The van der Waals surface area contributed by atoms with Gasteiger partial charge in [-0.25, -0.2) is 0 Å². The largest absolute Gasteiger partial charge is 0.354 e. The Kier molecular flexibility index (Phi) is 5.25. The molecule has 88 valence electrons. The fourth-order valence-corrected chi connectivity index (χ4v) is 2.18. The van der Waals surface area contributed by atoms with E-state index in [0.29, 0.717) is 18.3 Å². The number of rotatable bonds is 4. The lowest BCUT2D eigenvalue weighted by Crippen LogP contribution is -2.50. The van der Waals surface area contributed by atoms with Crippen molar-refractivity contribution < 1.29 is 9.00 Å². The average molecular weight is 232 g/mol. The maximum atomic E-state index is 11.7. The Morgan fingerprint density at radius 2 is 2.27 bits per heavy atom. The first-order valence-electron chi connectivity index (χ1n) is 5.43. The number of nitrogens with one attached hydrogen (secondary N) is 2. The summed E-state index contributed by atoms with van der Waals surface area (Å²) in [6.45, 7) is 2.61. The van der Waals surface area contributed by atoms with Crippen LogP contribution in [-0.2, 0) is 15.6 Å². The van der Waals surface area contributed by atoms with Crippen LogP contribution in [0.25, 0.3) is 0 Å². The first-order valence-corrected chi connectivity index (χ1v) is 7.16. The standard InChI is InChI=1S/C10H20N2O2S/c1-8-4-3-5-9(12-8)10(13)11-6-7-15(2)14/h8-9,12H,3-7H2,1-2H3,(H,11,13). The number of carbonyl (C=O) groups excluding carboxylic acids is 1. The normalized spacial score (nSPS) is 28.4. The zero-order valence-electron chi connectivity index (χ0n) is 9.41. The van der Waals surface area contributed by atoms with Crippen LogP contribution in [-0.4, -0.2) is 40.8 Å². The van der Waals surface area contributed by atoms with Crippen LogP contribution in [0.3, 0.4) is 0 Å². The van der Waals surface area contributed by atoms with Gasteiger partial charge in [-0.15, -0.1) is 0 Å². The molecule has 15 heavy (non-hydrogen) atoms. The minimum Gasteiger partial charge on any atom is -0.354 e. The maximum Gasteiger partial charge on any atom is 0.237 e. The fraction of sp³-hybridized carbons (Fsp3) is 0.900. The van der Waals surface area contributed by atoms with Gasteiger partial charge in [0.2, 0.25) is 5.91 Å². The number of hydrogen-bond donors (Lipinski definition) is 2. The monoisotopic (exact) mass is 232 g/mol. The van der Waals surface area contributed by atoms with E-state index in [-0.39, 0.29) is 11.9 Å². The Bertz CT molecular complexity index is 246. The highest BCUT2D eigenvalue weighted by molar-refractivity contribution is 7.84. The van der Waals surface area contributed by atoms with Gasteiger partial charge < -0.3 is 10.6 Å². The van der Waals surface area contributed by atoms with Crippen LogP contribution in [0.4, 0.5) is 0 Å². The zero-order valence-corrected chi connectivity index (χ0v) is 10.2. The Morgan fingerprint density at radius 1 is 1.53 bits per heavy atom. The van der Waals surface area contributed by atoms with E-state index < -0.39 is 10.8 Å². The first kappa shape index (κ1) is 12.6. The number of piperidine rings is 1. The van der Waals surface area contributed by atoms with Crippen molar-refractivity contribution in [2.24, 2.45) is 0 Å². The summed E-state index contributed by atoms with van der Waals surface area (Å²) < 4.78 is 10.8. The van der Waals surface area contributed by atoms with Gasteiger partial charge >= 0.3 is 0 Å². The van der Waals surface area contributed by atoms with Crippen molar-refractivity contribution in [1.29, 1.82) is 0 Å². The molecule has 1 heterocycles. The molecule has 0 aromatic heterocycles. The molecule has 0 aromatic carbocycles. The predicted molar refractivity (Wildman–Crippen MR) is 62.2 cm³/mol.